The monoisotopic (exact) mass is 452 g/mol. The number of carbonyl (C=O) groups excluding carboxylic acids is 1. The molecule has 2 fully saturated rings. The molecule has 34 heavy (non-hydrogen) atoms. The van der Waals surface area contributed by atoms with Crippen LogP contribution in [0.15, 0.2) is 66.8 Å². The van der Waals surface area contributed by atoms with E-state index in [1.165, 1.54) is 0 Å². The molecule has 1 aliphatic heterocycles. The number of carbonyl (C=O) groups is 1. The number of amides is 1. The predicted octanol–water partition coefficient (Wildman–Crippen LogP) is 3.96. The number of anilines is 3. The Morgan fingerprint density at radius 2 is 2.03 bits per heavy atom. The molecule has 0 spiro atoms. The minimum Gasteiger partial charge on any atom is -0.367 e. The molecule has 170 valence electrons. The maximum atomic E-state index is 12.2. The minimum absolute atomic E-state index is 0.122. The van der Waals surface area contributed by atoms with Crippen molar-refractivity contribution in [2.45, 2.75) is 32.2 Å². The van der Waals surface area contributed by atoms with Crippen molar-refractivity contribution in [2.75, 3.05) is 10.6 Å². The topological polar surface area (TPSA) is 101 Å². The van der Waals surface area contributed by atoms with Gasteiger partial charge in [0.15, 0.2) is 5.65 Å². The molecule has 2 aliphatic rings. The zero-order valence-corrected chi connectivity index (χ0v) is 18.7. The van der Waals surface area contributed by atoms with E-state index in [9.17, 15) is 4.79 Å². The van der Waals surface area contributed by atoms with E-state index in [4.69, 9.17) is 4.98 Å². The van der Waals surface area contributed by atoms with Crippen LogP contribution < -0.4 is 16.0 Å². The highest BCUT2D eigenvalue weighted by Gasteiger charge is 2.26. The van der Waals surface area contributed by atoms with Crippen molar-refractivity contribution >= 4 is 35.0 Å². The average Bonchev–Trinajstić information content (AvgIpc) is 3.18. The fraction of sp³-hybridized carbons (Fsp3) is 0.200. The van der Waals surface area contributed by atoms with Crippen LogP contribution in [0.1, 0.15) is 30.4 Å². The van der Waals surface area contributed by atoms with Crippen molar-refractivity contribution in [3.05, 3.63) is 77.9 Å². The number of rotatable bonds is 6. The zero-order chi connectivity index (χ0) is 23.2. The summed E-state index contributed by atoms with van der Waals surface area (Å²) < 4.78 is 3.64. The van der Waals surface area contributed by atoms with Crippen LogP contribution in [0.2, 0.25) is 0 Å². The maximum absolute atomic E-state index is 12.2. The molecule has 4 heterocycles. The van der Waals surface area contributed by atoms with Crippen molar-refractivity contribution < 1.29 is 4.79 Å². The maximum Gasteiger partial charge on any atom is 0.251 e. The number of fused-ring (bicyclic) bond motifs is 1. The van der Waals surface area contributed by atoms with Crippen LogP contribution in [-0.4, -0.2) is 36.3 Å². The SMILES string of the molecule is C=C1C/C(=C\c2cnn3c(NC4CC4)c(C)c(Nc4ccc(-n5cccn5)cc4)nc23)C(=O)N1. The van der Waals surface area contributed by atoms with Crippen molar-refractivity contribution in [3.8, 4) is 5.69 Å². The molecule has 4 aromatic rings. The molecular weight excluding hydrogens is 428 g/mol. The summed E-state index contributed by atoms with van der Waals surface area (Å²) in [4.78, 5) is 17.1. The number of hydrogen-bond donors (Lipinski definition) is 3. The third-order valence-electron chi connectivity index (χ3n) is 6.04. The van der Waals surface area contributed by atoms with Crippen LogP contribution in [0.3, 0.4) is 0 Å². The first kappa shape index (κ1) is 20.2. The highest BCUT2D eigenvalue weighted by molar-refractivity contribution is 6.02. The second-order valence-electron chi connectivity index (χ2n) is 8.71. The fourth-order valence-electron chi connectivity index (χ4n) is 4.06. The molecule has 0 atom stereocenters. The first-order valence-electron chi connectivity index (χ1n) is 11.3. The Balaban J connectivity index is 1.39. The van der Waals surface area contributed by atoms with Crippen LogP contribution in [0.5, 0.6) is 0 Å². The summed E-state index contributed by atoms with van der Waals surface area (Å²) in [5.74, 6) is 1.53. The van der Waals surface area contributed by atoms with Gasteiger partial charge in [-0.15, -0.1) is 0 Å². The van der Waals surface area contributed by atoms with Crippen LogP contribution in [0.4, 0.5) is 17.3 Å². The van der Waals surface area contributed by atoms with E-state index in [1.54, 1.807) is 12.4 Å². The van der Waals surface area contributed by atoms with Crippen LogP contribution in [-0.2, 0) is 4.79 Å². The predicted molar refractivity (Wildman–Crippen MR) is 131 cm³/mol. The lowest BCUT2D eigenvalue weighted by Gasteiger charge is -2.16. The molecule has 9 nitrogen and oxygen atoms in total. The van der Waals surface area contributed by atoms with E-state index >= 15 is 0 Å². The quantitative estimate of drug-likeness (QED) is 0.383. The molecule has 0 radical (unpaired) electrons. The van der Waals surface area contributed by atoms with E-state index in [1.807, 2.05) is 58.7 Å². The normalized spacial score (nSPS) is 16.9. The van der Waals surface area contributed by atoms with E-state index in [0.717, 1.165) is 47.0 Å². The number of nitrogens with one attached hydrogen (secondary N) is 3. The number of benzene rings is 1. The van der Waals surface area contributed by atoms with Crippen molar-refractivity contribution in [1.82, 2.24) is 29.7 Å². The Bertz CT molecular complexity index is 1440. The Hall–Kier alpha value is -4.40. The van der Waals surface area contributed by atoms with Gasteiger partial charge in [0.25, 0.3) is 5.91 Å². The van der Waals surface area contributed by atoms with Crippen molar-refractivity contribution in [2.24, 2.45) is 0 Å². The van der Waals surface area contributed by atoms with Gasteiger partial charge in [0.1, 0.15) is 11.6 Å². The highest BCUT2D eigenvalue weighted by atomic mass is 16.2. The number of hydrogen-bond acceptors (Lipinski definition) is 6. The van der Waals surface area contributed by atoms with Gasteiger partial charge in [0.05, 0.1) is 11.9 Å². The summed E-state index contributed by atoms with van der Waals surface area (Å²) in [5.41, 5.74) is 5.70. The molecule has 1 amide bonds. The molecule has 1 saturated carbocycles. The summed E-state index contributed by atoms with van der Waals surface area (Å²) in [5, 5.41) is 18.7. The van der Waals surface area contributed by atoms with Gasteiger partial charge in [0, 0.05) is 52.9 Å². The second kappa shape index (κ2) is 7.87. The molecule has 0 unspecified atom stereocenters. The molecule has 6 rings (SSSR count). The number of nitrogens with zero attached hydrogens (tertiary/aromatic N) is 5. The molecule has 1 saturated heterocycles. The Morgan fingerprint density at radius 3 is 2.71 bits per heavy atom. The zero-order valence-electron chi connectivity index (χ0n) is 18.7. The molecule has 3 aromatic heterocycles. The summed E-state index contributed by atoms with van der Waals surface area (Å²) in [7, 11) is 0. The van der Waals surface area contributed by atoms with Crippen molar-refractivity contribution in [1.29, 1.82) is 0 Å². The smallest absolute Gasteiger partial charge is 0.251 e. The molecular formula is C25H24N8O. The first-order chi connectivity index (χ1) is 16.5. The Kier molecular flexibility index (Phi) is 4.68. The molecule has 9 heteroatoms. The Labute approximate surface area is 196 Å². The van der Waals surface area contributed by atoms with Crippen molar-refractivity contribution in [3.63, 3.8) is 0 Å². The lowest BCUT2D eigenvalue weighted by atomic mass is 10.1. The summed E-state index contributed by atoms with van der Waals surface area (Å²) in [6.07, 6.45) is 10.1. The Morgan fingerprint density at radius 1 is 1.21 bits per heavy atom. The lowest BCUT2D eigenvalue weighted by Crippen LogP contribution is -2.12. The summed E-state index contributed by atoms with van der Waals surface area (Å²) >= 11 is 0. The molecule has 3 N–H and O–H groups in total. The molecule has 1 aliphatic carbocycles. The largest absolute Gasteiger partial charge is 0.367 e. The second-order valence-corrected chi connectivity index (χ2v) is 8.71. The summed E-state index contributed by atoms with van der Waals surface area (Å²) in [6, 6.07) is 10.4. The fourth-order valence-corrected chi connectivity index (χ4v) is 4.06. The van der Waals surface area contributed by atoms with Gasteiger partial charge in [0.2, 0.25) is 0 Å². The minimum atomic E-state index is -0.122. The van der Waals surface area contributed by atoms with Crippen LogP contribution in [0.25, 0.3) is 17.4 Å². The third-order valence-corrected chi connectivity index (χ3v) is 6.04. The van der Waals surface area contributed by atoms with Gasteiger partial charge in [-0.3, -0.25) is 4.79 Å². The molecule has 1 aromatic carbocycles. The third kappa shape index (κ3) is 3.71. The van der Waals surface area contributed by atoms with E-state index in [2.05, 4.69) is 32.7 Å². The summed E-state index contributed by atoms with van der Waals surface area (Å²) in [6.45, 7) is 5.89. The van der Waals surface area contributed by atoms with Gasteiger partial charge in [-0.1, -0.05) is 6.58 Å². The van der Waals surface area contributed by atoms with Gasteiger partial charge < -0.3 is 16.0 Å². The number of aromatic nitrogens is 5. The lowest BCUT2D eigenvalue weighted by molar-refractivity contribution is -0.115. The average molecular weight is 453 g/mol. The van der Waals surface area contributed by atoms with Gasteiger partial charge in [-0.05, 0) is 56.2 Å². The number of allylic oxidation sites excluding steroid dienone is 1. The van der Waals surface area contributed by atoms with E-state index in [0.29, 0.717) is 29.4 Å². The van der Waals surface area contributed by atoms with Crippen LogP contribution >= 0.6 is 0 Å². The van der Waals surface area contributed by atoms with Crippen LogP contribution in [0, 0.1) is 6.92 Å². The first-order valence-corrected chi connectivity index (χ1v) is 11.3. The van der Waals surface area contributed by atoms with Gasteiger partial charge in [-0.2, -0.15) is 14.7 Å². The van der Waals surface area contributed by atoms with E-state index < -0.39 is 0 Å². The van der Waals surface area contributed by atoms with Gasteiger partial charge in [-0.25, -0.2) is 9.67 Å². The molecule has 0 bridgehead atoms. The standard InChI is InChI=1S/C25H24N8O/c1-15-12-17(25(34)28-15)13-18-14-27-33-23(30-20-4-5-20)16(2)22(31-24(18)33)29-19-6-8-21(9-7-19)32-11-3-10-26-32/h3,6-11,13-14,20,30H,1,4-5,12H2,2H3,(H,28,34)(H,29,31)/b17-13+. The van der Waals surface area contributed by atoms with E-state index in [-0.39, 0.29) is 5.91 Å². The van der Waals surface area contributed by atoms with Gasteiger partial charge >= 0.3 is 0 Å². The highest BCUT2D eigenvalue weighted by Crippen LogP contribution is 2.32.